The van der Waals surface area contributed by atoms with Crippen molar-refractivity contribution in [2.75, 3.05) is 23.3 Å². The average molecular weight is 544 g/mol. The zero-order chi connectivity index (χ0) is 26.8. The number of aliphatic hydroxyl groups excluding tert-OH is 1. The summed E-state index contributed by atoms with van der Waals surface area (Å²) in [6.07, 6.45) is 9.80. The van der Waals surface area contributed by atoms with Gasteiger partial charge in [-0.1, -0.05) is 6.92 Å². The minimum absolute atomic E-state index is 0.00479. The van der Waals surface area contributed by atoms with E-state index in [0.717, 1.165) is 37.7 Å². The van der Waals surface area contributed by atoms with Crippen molar-refractivity contribution in [3.63, 3.8) is 0 Å². The fraction of sp³-hybridized carbons (Fsp3) is 0.692. The Kier molecular flexibility index (Phi) is 6.27. The molecule has 2 aliphatic carbocycles. The highest BCUT2D eigenvalue weighted by molar-refractivity contribution is 7.89. The summed E-state index contributed by atoms with van der Waals surface area (Å²) in [6, 6.07) is 0.0410. The second kappa shape index (κ2) is 9.27. The van der Waals surface area contributed by atoms with Gasteiger partial charge in [-0.15, -0.1) is 0 Å². The molecular formula is C26H37N7O4S. The third-order valence-corrected chi connectivity index (χ3v) is 10.6. The molecule has 11 nitrogen and oxygen atoms in total. The molecule has 38 heavy (non-hydrogen) atoms. The number of sulfonamides is 1. The van der Waals surface area contributed by atoms with Crippen LogP contribution in [-0.2, 0) is 20.2 Å². The van der Waals surface area contributed by atoms with Crippen molar-refractivity contribution in [3.05, 3.63) is 24.2 Å². The molecule has 2 aromatic heterocycles. The molecule has 4 aliphatic rings. The summed E-state index contributed by atoms with van der Waals surface area (Å²) in [7, 11) is -3.62. The number of fused-ring (bicyclic) bond motifs is 2. The number of hydrogen-bond acceptors (Lipinski definition) is 8. The summed E-state index contributed by atoms with van der Waals surface area (Å²) < 4.78 is 29.7. The number of amides is 1. The van der Waals surface area contributed by atoms with Crippen LogP contribution in [0.5, 0.6) is 0 Å². The van der Waals surface area contributed by atoms with Gasteiger partial charge in [-0.2, -0.15) is 14.4 Å². The zero-order valence-electron chi connectivity index (χ0n) is 22.2. The molecule has 12 heteroatoms. The van der Waals surface area contributed by atoms with Crippen LogP contribution < -0.4 is 10.2 Å². The second-order valence-corrected chi connectivity index (χ2v) is 13.7. The SMILES string of the molecule is CC(C)n1cc(S(=O)(=O)N2CC[C@H](Nc3ncc4c(n3)N([C@@H]3CCC[C@@H](O)C3)C(=O)C43CC3)[C@@H](C)C2)cn1. The summed E-state index contributed by atoms with van der Waals surface area (Å²) in [5.41, 5.74) is 0.427. The average Bonchev–Trinajstić information content (AvgIpc) is 3.44. The Morgan fingerprint density at radius 2 is 1.97 bits per heavy atom. The summed E-state index contributed by atoms with van der Waals surface area (Å²) in [5, 5.41) is 17.9. The maximum Gasteiger partial charge on any atom is 0.246 e. The van der Waals surface area contributed by atoms with Crippen molar-refractivity contribution >= 4 is 27.7 Å². The van der Waals surface area contributed by atoms with Crippen molar-refractivity contribution in [1.82, 2.24) is 24.1 Å². The Balaban J connectivity index is 1.18. The van der Waals surface area contributed by atoms with Gasteiger partial charge in [0.2, 0.25) is 21.9 Å². The minimum Gasteiger partial charge on any atom is -0.393 e. The van der Waals surface area contributed by atoms with Crippen molar-refractivity contribution in [1.29, 1.82) is 0 Å². The Hall–Kier alpha value is -2.57. The number of nitrogens with zero attached hydrogens (tertiary/aromatic N) is 6. The molecule has 1 spiro atoms. The Morgan fingerprint density at radius 3 is 2.63 bits per heavy atom. The Labute approximate surface area is 223 Å². The van der Waals surface area contributed by atoms with Gasteiger partial charge >= 0.3 is 0 Å². The van der Waals surface area contributed by atoms with Crippen molar-refractivity contribution in [2.24, 2.45) is 5.92 Å². The van der Waals surface area contributed by atoms with Crippen molar-refractivity contribution in [2.45, 2.75) is 100 Å². The molecule has 4 atom stereocenters. The van der Waals surface area contributed by atoms with Gasteiger partial charge in [-0.25, -0.2) is 13.4 Å². The van der Waals surface area contributed by atoms with Crippen molar-refractivity contribution in [3.8, 4) is 0 Å². The normalized spacial score (nSPS) is 29.2. The molecule has 6 rings (SSSR count). The molecule has 2 N–H and O–H groups in total. The fourth-order valence-corrected chi connectivity index (χ4v) is 7.81. The van der Waals surface area contributed by atoms with E-state index in [0.29, 0.717) is 37.7 Å². The maximum absolute atomic E-state index is 13.5. The first-order valence-electron chi connectivity index (χ1n) is 13.8. The maximum atomic E-state index is 13.5. The van der Waals surface area contributed by atoms with E-state index in [1.165, 1.54) is 10.5 Å². The number of carbonyl (C=O) groups is 1. The summed E-state index contributed by atoms with van der Waals surface area (Å²) >= 11 is 0. The summed E-state index contributed by atoms with van der Waals surface area (Å²) in [6.45, 7) is 6.72. The van der Waals surface area contributed by atoms with Crippen LogP contribution >= 0.6 is 0 Å². The first-order chi connectivity index (χ1) is 18.1. The van der Waals surface area contributed by atoms with Gasteiger partial charge in [0.05, 0.1) is 17.7 Å². The van der Waals surface area contributed by atoms with Gasteiger partial charge in [-0.3, -0.25) is 14.4 Å². The van der Waals surface area contributed by atoms with Gasteiger partial charge in [-0.05, 0) is 64.7 Å². The third-order valence-electron chi connectivity index (χ3n) is 8.80. The molecule has 2 saturated carbocycles. The molecule has 0 unspecified atom stereocenters. The quantitative estimate of drug-likeness (QED) is 0.568. The predicted octanol–water partition coefficient (Wildman–Crippen LogP) is 2.45. The molecule has 206 valence electrons. The molecule has 2 aromatic rings. The number of carbonyl (C=O) groups excluding carboxylic acids is 1. The Bertz CT molecular complexity index is 1340. The monoisotopic (exact) mass is 543 g/mol. The number of anilines is 2. The number of rotatable bonds is 6. The molecule has 1 amide bonds. The smallest absolute Gasteiger partial charge is 0.246 e. The molecular weight excluding hydrogens is 506 g/mol. The molecule has 4 heterocycles. The van der Waals surface area contributed by atoms with Crippen LogP contribution in [0, 0.1) is 5.92 Å². The van der Waals surface area contributed by atoms with Crippen LogP contribution in [0.3, 0.4) is 0 Å². The Morgan fingerprint density at radius 1 is 1.18 bits per heavy atom. The van der Waals surface area contributed by atoms with E-state index in [2.05, 4.69) is 15.4 Å². The van der Waals surface area contributed by atoms with Crippen LogP contribution in [0.25, 0.3) is 0 Å². The minimum atomic E-state index is -3.62. The van der Waals surface area contributed by atoms with E-state index < -0.39 is 15.4 Å². The predicted molar refractivity (Wildman–Crippen MR) is 141 cm³/mol. The van der Waals surface area contributed by atoms with Crippen LogP contribution in [0.15, 0.2) is 23.5 Å². The number of aliphatic hydroxyl groups is 1. The van der Waals surface area contributed by atoms with E-state index in [-0.39, 0.29) is 41.0 Å². The highest BCUT2D eigenvalue weighted by atomic mass is 32.2. The first kappa shape index (κ1) is 25.7. The fourth-order valence-electron chi connectivity index (χ4n) is 6.32. The lowest BCUT2D eigenvalue weighted by Crippen LogP contribution is -2.47. The van der Waals surface area contributed by atoms with E-state index in [9.17, 15) is 18.3 Å². The largest absolute Gasteiger partial charge is 0.393 e. The zero-order valence-corrected chi connectivity index (χ0v) is 23.1. The van der Waals surface area contributed by atoms with Gasteiger partial charge in [0.15, 0.2) is 0 Å². The van der Waals surface area contributed by atoms with Gasteiger partial charge in [0, 0.05) is 49.2 Å². The van der Waals surface area contributed by atoms with Gasteiger partial charge in [0.1, 0.15) is 10.7 Å². The molecule has 0 bridgehead atoms. The summed E-state index contributed by atoms with van der Waals surface area (Å²) in [5.74, 6) is 1.27. The van der Waals surface area contributed by atoms with Gasteiger partial charge < -0.3 is 10.4 Å². The van der Waals surface area contributed by atoms with Crippen LogP contribution in [-0.4, -0.2) is 74.8 Å². The van der Waals surface area contributed by atoms with Crippen LogP contribution in [0.1, 0.15) is 77.3 Å². The highest BCUT2D eigenvalue weighted by Gasteiger charge is 2.61. The van der Waals surface area contributed by atoms with E-state index in [4.69, 9.17) is 4.98 Å². The molecule has 1 saturated heterocycles. The molecule has 3 fully saturated rings. The molecule has 2 aliphatic heterocycles. The number of hydrogen-bond donors (Lipinski definition) is 2. The highest BCUT2D eigenvalue weighted by Crippen LogP contribution is 2.57. The lowest BCUT2D eigenvalue weighted by molar-refractivity contribution is -0.121. The van der Waals surface area contributed by atoms with Crippen LogP contribution in [0.4, 0.5) is 11.8 Å². The van der Waals surface area contributed by atoms with Gasteiger partial charge in [0.25, 0.3) is 0 Å². The topological polar surface area (TPSA) is 134 Å². The van der Waals surface area contributed by atoms with E-state index >= 15 is 0 Å². The number of piperidine rings is 1. The second-order valence-electron chi connectivity index (χ2n) is 11.8. The number of aromatic nitrogens is 4. The number of nitrogens with one attached hydrogen (secondary N) is 1. The molecule has 0 radical (unpaired) electrons. The molecule has 0 aromatic carbocycles. The van der Waals surface area contributed by atoms with Crippen molar-refractivity contribution < 1.29 is 18.3 Å². The third kappa shape index (κ3) is 4.21. The lowest BCUT2D eigenvalue weighted by atomic mass is 9.92. The first-order valence-corrected chi connectivity index (χ1v) is 15.2. The standard InChI is InChI=1S/C26H37N7O4S/c1-16(2)32-15-20(12-28-32)38(36,37)31-10-7-22(17(3)14-31)29-25-27-13-21-23(30-25)33(24(35)26(21)8-9-26)18-5-4-6-19(34)11-18/h12-13,15-19,22,34H,4-11,14H2,1-3H3,(H,27,29,30)/t17-,18+,19+,22-/m0/s1. The van der Waals surface area contributed by atoms with Crippen LogP contribution in [0.2, 0.25) is 0 Å². The van der Waals surface area contributed by atoms with E-state index in [1.807, 2.05) is 25.7 Å². The lowest BCUT2D eigenvalue weighted by Gasteiger charge is -2.36. The van der Waals surface area contributed by atoms with E-state index in [1.54, 1.807) is 17.1 Å². The summed E-state index contributed by atoms with van der Waals surface area (Å²) in [4.78, 5) is 25.0.